The second kappa shape index (κ2) is 8.94. The minimum Gasteiger partial charge on any atom is -0.507 e. The highest BCUT2D eigenvalue weighted by Gasteiger charge is 2.47. The third kappa shape index (κ3) is 4.11. The SMILES string of the molecule is CC(=O)Nc1ccc(N2C(=O)C(=O)/C(=C(\O)c3ccc([N+](=O)[O-])cc3)C2c2cccnc2)cc1. The van der Waals surface area contributed by atoms with Crippen LogP contribution >= 0.6 is 0 Å². The summed E-state index contributed by atoms with van der Waals surface area (Å²) in [5.74, 6) is -2.48. The number of rotatable bonds is 5. The number of anilines is 2. The van der Waals surface area contributed by atoms with Gasteiger partial charge in [-0.15, -0.1) is 0 Å². The van der Waals surface area contributed by atoms with Crippen LogP contribution in [0.3, 0.4) is 0 Å². The minimum absolute atomic E-state index is 0.151. The number of hydrogen-bond acceptors (Lipinski definition) is 7. The number of pyridine rings is 1. The van der Waals surface area contributed by atoms with Crippen molar-refractivity contribution in [1.82, 2.24) is 4.98 Å². The van der Waals surface area contributed by atoms with E-state index in [2.05, 4.69) is 10.3 Å². The lowest BCUT2D eigenvalue weighted by atomic mass is 9.96. The van der Waals surface area contributed by atoms with E-state index in [1.807, 2.05) is 0 Å². The van der Waals surface area contributed by atoms with Crippen LogP contribution in [0.1, 0.15) is 24.1 Å². The van der Waals surface area contributed by atoms with Gasteiger partial charge >= 0.3 is 0 Å². The Balaban J connectivity index is 1.84. The first-order chi connectivity index (χ1) is 16.3. The number of ketones is 1. The molecule has 3 aromatic rings. The molecule has 0 aliphatic carbocycles. The predicted molar refractivity (Wildman–Crippen MR) is 123 cm³/mol. The molecule has 0 saturated carbocycles. The maximum Gasteiger partial charge on any atom is 0.300 e. The summed E-state index contributed by atoms with van der Waals surface area (Å²) < 4.78 is 0. The van der Waals surface area contributed by atoms with Gasteiger partial charge in [0.1, 0.15) is 5.76 Å². The molecule has 2 heterocycles. The van der Waals surface area contributed by atoms with E-state index in [1.54, 1.807) is 36.4 Å². The predicted octanol–water partition coefficient (Wildman–Crippen LogP) is 3.57. The number of carbonyl (C=O) groups excluding carboxylic acids is 3. The molecule has 1 unspecified atom stereocenters. The standard InChI is InChI=1S/C24H18N4O6/c1-14(29)26-17-6-10-18(11-7-17)27-21(16-3-2-12-25-13-16)20(23(31)24(27)32)22(30)15-4-8-19(9-5-15)28(33)34/h2-13,21,30H,1H3,(H,26,29)/b22-20-. The Bertz CT molecular complexity index is 1320. The number of aliphatic hydroxyl groups excluding tert-OH is 1. The van der Waals surface area contributed by atoms with Gasteiger partial charge in [-0.1, -0.05) is 6.07 Å². The molecule has 10 heteroatoms. The number of nitro groups is 1. The summed E-state index contributed by atoms with van der Waals surface area (Å²) in [7, 11) is 0. The molecular weight excluding hydrogens is 440 g/mol. The second-order valence-corrected chi connectivity index (χ2v) is 7.49. The monoisotopic (exact) mass is 458 g/mol. The number of carbonyl (C=O) groups is 3. The first-order valence-corrected chi connectivity index (χ1v) is 10.1. The van der Waals surface area contributed by atoms with Crippen molar-refractivity contribution < 1.29 is 24.4 Å². The zero-order valence-corrected chi connectivity index (χ0v) is 17.8. The van der Waals surface area contributed by atoms with Crippen LogP contribution in [0, 0.1) is 10.1 Å². The normalized spacial score (nSPS) is 17.0. The molecule has 0 bridgehead atoms. The maximum atomic E-state index is 13.1. The highest BCUT2D eigenvalue weighted by molar-refractivity contribution is 6.51. The van der Waals surface area contributed by atoms with E-state index in [-0.39, 0.29) is 22.7 Å². The van der Waals surface area contributed by atoms with Crippen LogP contribution in [-0.2, 0) is 14.4 Å². The van der Waals surface area contributed by atoms with Gasteiger partial charge in [0.05, 0.1) is 16.5 Å². The summed E-state index contributed by atoms with van der Waals surface area (Å²) in [5.41, 5.74) is 1.16. The van der Waals surface area contributed by atoms with Gasteiger partial charge in [-0.25, -0.2) is 0 Å². The molecule has 4 rings (SSSR count). The topological polar surface area (TPSA) is 143 Å². The van der Waals surface area contributed by atoms with Gasteiger partial charge in [-0.3, -0.25) is 34.4 Å². The van der Waals surface area contributed by atoms with Crippen molar-refractivity contribution in [2.75, 3.05) is 10.2 Å². The van der Waals surface area contributed by atoms with Crippen molar-refractivity contribution >= 4 is 40.4 Å². The van der Waals surface area contributed by atoms with Gasteiger partial charge in [-0.2, -0.15) is 0 Å². The molecule has 170 valence electrons. The number of benzene rings is 2. The van der Waals surface area contributed by atoms with Crippen LogP contribution in [-0.4, -0.2) is 32.6 Å². The van der Waals surface area contributed by atoms with E-state index in [4.69, 9.17) is 0 Å². The quantitative estimate of drug-likeness (QED) is 0.196. The van der Waals surface area contributed by atoms with Crippen LogP contribution in [0.4, 0.5) is 17.1 Å². The minimum atomic E-state index is -0.990. The van der Waals surface area contributed by atoms with Crippen LogP contribution < -0.4 is 10.2 Å². The van der Waals surface area contributed by atoms with Gasteiger partial charge in [0.25, 0.3) is 17.4 Å². The fraction of sp³-hybridized carbons (Fsp3) is 0.0833. The van der Waals surface area contributed by atoms with Crippen LogP contribution in [0.15, 0.2) is 78.6 Å². The molecule has 2 amide bonds. The van der Waals surface area contributed by atoms with Gasteiger partial charge in [0, 0.05) is 48.4 Å². The molecule has 2 aromatic carbocycles. The number of hydrogen-bond donors (Lipinski definition) is 2. The lowest BCUT2D eigenvalue weighted by Crippen LogP contribution is -2.29. The van der Waals surface area contributed by atoms with Gasteiger partial charge in [0.15, 0.2) is 0 Å². The van der Waals surface area contributed by atoms with Gasteiger partial charge in [-0.05, 0) is 48.0 Å². The molecule has 1 aliphatic rings. The first-order valence-electron chi connectivity index (χ1n) is 10.1. The Morgan fingerprint density at radius 1 is 1.09 bits per heavy atom. The summed E-state index contributed by atoms with van der Waals surface area (Å²) in [6, 6.07) is 13.7. The van der Waals surface area contributed by atoms with Gasteiger partial charge < -0.3 is 10.4 Å². The molecule has 34 heavy (non-hydrogen) atoms. The summed E-state index contributed by atoms with van der Waals surface area (Å²) >= 11 is 0. The highest BCUT2D eigenvalue weighted by atomic mass is 16.6. The molecule has 1 saturated heterocycles. The smallest absolute Gasteiger partial charge is 0.300 e. The average Bonchev–Trinajstić information content (AvgIpc) is 3.10. The summed E-state index contributed by atoms with van der Waals surface area (Å²) in [6.07, 6.45) is 3.02. The van der Waals surface area contributed by atoms with Crippen LogP contribution in [0.25, 0.3) is 5.76 Å². The molecule has 1 aliphatic heterocycles. The molecule has 2 N–H and O–H groups in total. The van der Waals surface area contributed by atoms with Gasteiger partial charge in [0.2, 0.25) is 5.91 Å². The van der Waals surface area contributed by atoms with Crippen molar-refractivity contribution in [2.45, 2.75) is 13.0 Å². The second-order valence-electron chi connectivity index (χ2n) is 7.49. The van der Waals surface area contributed by atoms with E-state index < -0.39 is 28.4 Å². The fourth-order valence-electron chi connectivity index (χ4n) is 3.76. The number of aliphatic hydroxyl groups is 1. The van der Waals surface area contributed by atoms with Crippen molar-refractivity contribution in [3.8, 4) is 0 Å². The molecule has 1 fully saturated rings. The molecule has 1 aromatic heterocycles. The van der Waals surface area contributed by atoms with Crippen molar-refractivity contribution in [2.24, 2.45) is 0 Å². The number of Topliss-reactive ketones (excluding diaryl/α,β-unsaturated/α-hetero) is 1. The van der Waals surface area contributed by atoms with E-state index in [0.717, 1.165) is 0 Å². The number of amides is 2. The number of non-ortho nitro benzene ring substituents is 1. The number of nitrogens with one attached hydrogen (secondary N) is 1. The Morgan fingerprint density at radius 3 is 2.32 bits per heavy atom. The zero-order valence-electron chi connectivity index (χ0n) is 17.8. The number of nitro benzene ring substituents is 1. The Hall–Kier alpha value is -4.86. The summed E-state index contributed by atoms with van der Waals surface area (Å²) in [5, 5.41) is 24.6. The highest BCUT2D eigenvalue weighted by Crippen LogP contribution is 2.42. The Morgan fingerprint density at radius 2 is 1.76 bits per heavy atom. The molecular formula is C24H18N4O6. The van der Waals surface area contributed by atoms with Crippen molar-refractivity contribution in [3.05, 3.63) is 99.9 Å². The summed E-state index contributed by atoms with van der Waals surface area (Å²) in [6.45, 7) is 1.37. The van der Waals surface area contributed by atoms with E-state index in [0.29, 0.717) is 16.9 Å². The third-order valence-corrected chi connectivity index (χ3v) is 5.26. The fourth-order valence-corrected chi connectivity index (χ4v) is 3.76. The molecule has 0 spiro atoms. The van der Waals surface area contributed by atoms with Crippen molar-refractivity contribution in [1.29, 1.82) is 0 Å². The van der Waals surface area contributed by atoms with Crippen LogP contribution in [0.2, 0.25) is 0 Å². The number of aromatic nitrogens is 1. The summed E-state index contributed by atoms with van der Waals surface area (Å²) in [4.78, 5) is 53.2. The lowest BCUT2D eigenvalue weighted by molar-refractivity contribution is -0.384. The zero-order chi connectivity index (χ0) is 24.4. The third-order valence-electron chi connectivity index (χ3n) is 5.26. The van der Waals surface area contributed by atoms with Crippen molar-refractivity contribution in [3.63, 3.8) is 0 Å². The molecule has 0 radical (unpaired) electrons. The molecule has 1 atom stereocenters. The number of nitrogens with zero attached hydrogens (tertiary/aromatic N) is 3. The largest absolute Gasteiger partial charge is 0.507 e. The lowest BCUT2D eigenvalue weighted by Gasteiger charge is -2.25. The van der Waals surface area contributed by atoms with E-state index in [1.165, 1.54) is 48.5 Å². The Labute approximate surface area is 193 Å². The van der Waals surface area contributed by atoms with Crippen LogP contribution in [0.5, 0.6) is 0 Å². The Kier molecular flexibility index (Phi) is 5.88. The van der Waals surface area contributed by atoms with E-state index >= 15 is 0 Å². The maximum absolute atomic E-state index is 13.1. The van der Waals surface area contributed by atoms with E-state index in [9.17, 15) is 29.6 Å². The average molecular weight is 458 g/mol. The first kappa shape index (κ1) is 22.3. The molecule has 10 nitrogen and oxygen atoms in total.